The minimum absolute atomic E-state index is 0.0719. The number of hydrogen-bond acceptors (Lipinski definition) is 7. The molecule has 1 amide bonds. The Morgan fingerprint density at radius 1 is 1.21 bits per heavy atom. The number of aryl methyl sites for hydroxylation is 2. The molecule has 1 saturated carbocycles. The molecule has 2 aromatic carbocycles. The molecular formula is C30H31F3N6O4. The maximum absolute atomic E-state index is 14.2. The molecule has 43 heavy (non-hydrogen) atoms. The molecule has 0 spiro atoms. The number of ether oxygens (including phenoxy) is 2. The van der Waals surface area contributed by atoms with E-state index in [0.717, 1.165) is 5.56 Å². The van der Waals surface area contributed by atoms with Crippen molar-refractivity contribution in [2.24, 2.45) is 7.05 Å². The second kappa shape index (κ2) is 11.3. The van der Waals surface area contributed by atoms with Crippen molar-refractivity contribution in [3.8, 4) is 40.0 Å². The Hall–Kier alpha value is -4.57. The van der Waals surface area contributed by atoms with Gasteiger partial charge in [0.25, 0.3) is 5.91 Å². The molecule has 0 bridgehead atoms. The molecule has 4 aromatic rings. The van der Waals surface area contributed by atoms with Gasteiger partial charge in [-0.05, 0) is 62.9 Å². The highest BCUT2D eigenvalue weighted by Gasteiger charge is 2.43. The van der Waals surface area contributed by atoms with Crippen LogP contribution < -0.4 is 14.8 Å². The van der Waals surface area contributed by atoms with Crippen molar-refractivity contribution in [2.45, 2.75) is 57.5 Å². The number of carbonyl (C=O) groups is 1. The van der Waals surface area contributed by atoms with Crippen LogP contribution in [0.4, 0.5) is 13.2 Å². The predicted molar refractivity (Wildman–Crippen MR) is 152 cm³/mol. The topological polar surface area (TPSA) is 127 Å². The summed E-state index contributed by atoms with van der Waals surface area (Å²) in [4.78, 5) is 13.0. The second-order valence-corrected chi connectivity index (χ2v) is 11.3. The van der Waals surface area contributed by atoms with Gasteiger partial charge < -0.3 is 19.9 Å². The summed E-state index contributed by atoms with van der Waals surface area (Å²) in [5.41, 5.74) is 0.241. The summed E-state index contributed by atoms with van der Waals surface area (Å²) in [5.74, 6) is -1.35. The van der Waals surface area contributed by atoms with E-state index in [1.165, 1.54) is 23.9 Å². The van der Waals surface area contributed by atoms with Gasteiger partial charge in [0.05, 0.1) is 48.3 Å². The Bertz CT molecular complexity index is 1730. The van der Waals surface area contributed by atoms with Gasteiger partial charge in [0.2, 0.25) is 0 Å². The highest BCUT2D eigenvalue weighted by atomic mass is 19.3. The summed E-state index contributed by atoms with van der Waals surface area (Å²) in [6.45, 7) is 0.424. The maximum atomic E-state index is 14.2. The van der Waals surface area contributed by atoms with Crippen LogP contribution in [-0.4, -0.2) is 62.1 Å². The molecule has 226 valence electrons. The Morgan fingerprint density at radius 3 is 2.56 bits per heavy atom. The highest BCUT2D eigenvalue weighted by molar-refractivity contribution is 6.03. The molecule has 1 aliphatic rings. The molecule has 1 fully saturated rings. The minimum atomic E-state index is -3.26. The number of methoxy groups -OCH3 is 1. The molecule has 13 heteroatoms. The lowest BCUT2D eigenvalue weighted by Gasteiger charge is -2.17. The number of carbonyl (C=O) groups excluding carboxylic acids is 1. The van der Waals surface area contributed by atoms with Crippen LogP contribution in [0.1, 0.15) is 49.0 Å². The monoisotopic (exact) mass is 596 g/mol. The first-order valence-corrected chi connectivity index (χ1v) is 13.6. The Morgan fingerprint density at radius 2 is 1.93 bits per heavy atom. The fourth-order valence-electron chi connectivity index (χ4n) is 4.88. The van der Waals surface area contributed by atoms with Gasteiger partial charge in [0.15, 0.2) is 0 Å². The molecule has 0 atom stereocenters. The van der Waals surface area contributed by atoms with Crippen molar-refractivity contribution < 1.29 is 32.5 Å². The third kappa shape index (κ3) is 6.44. The molecule has 0 unspecified atom stereocenters. The standard InChI is InChI=1S/C30H31F3N6O4/c1-29(2,41)7-8-39-15-20(14-36-39)17-9-19(13-34)24-21(10-17)37-38(3)26(24)18-11-22(42-4)25(23(12-18)43-28(31)32)27(40)35-16-30(33)5-6-30/h9-12,14-15,28,41H,5-8,16H2,1-4H3,(H,35,40). The molecule has 5 rings (SSSR count). The lowest BCUT2D eigenvalue weighted by molar-refractivity contribution is -0.0502. The zero-order chi connectivity index (χ0) is 31.1. The quantitative estimate of drug-likeness (QED) is 0.250. The van der Waals surface area contributed by atoms with Crippen molar-refractivity contribution in [2.75, 3.05) is 13.7 Å². The van der Waals surface area contributed by atoms with Gasteiger partial charge in [-0.2, -0.15) is 24.2 Å². The number of nitrogens with one attached hydrogen (secondary N) is 1. The number of nitrogens with zero attached hydrogens (tertiary/aromatic N) is 5. The van der Waals surface area contributed by atoms with Gasteiger partial charge in [0.1, 0.15) is 22.7 Å². The molecular weight excluding hydrogens is 565 g/mol. The fraction of sp³-hybridized carbons (Fsp3) is 0.400. The van der Waals surface area contributed by atoms with E-state index in [9.17, 15) is 28.3 Å². The average molecular weight is 597 g/mol. The summed E-state index contributed by atoms with van der Waals surface area (Å²) in [5, 5.41) is 32.0. The summed E-state index contributed by atoms with van der Waals surface area (Å²) >= 11 is 0. The number of aromatic nitrogens is 4. The van der Waals surface area contributed by atoms with Crippen LogP contribution >= 0.6 is 0 Å². The Labute approximate surface area is 245 Å². The third-order valence-corrected chi connectivity index (χ3v) is 7.34. The molecule has 0 aliphatic heterocycles. The highest BCUT2D eigenvalue weighted by Crippen LogP contribution is 2.41. The SMILES string of the molecule is COc1cc(-c2c3c(C#N)cc(-c4cnn(CCC(C)(C)O)c4)cc3nn2C)cc(OC(F)F)c1C(=O)NCC1(F)CC1. The molecule has 2 heterocycles. The van der Waals surface area contributed by atoms with Crippen molar-refractivity contribution in [1.29, 1.82) is 5.26 Å². The van der Waals surface area contributed by atoms with Crippen molar-refractivity contribution in [3.63, 3.8) is 0 Å². The zero-order valence-corrected chi connectivity index (χ0v) is 24.1. The normalized spacial score (nSPS) is 14.1. The average Bonchev–Trinajstić information content (AvgIpc) is 3.34. The summed E-state index contributed by atoms with van der Waals surface area (Å²) in [6, 6.07) is 8.40. The number of hydrogen-bond donors (Lipinski definition) is 2. The first-order valence-electron chi connectivity index (χ1n) is 13.6. The largest absolute Gasteiger partial charge is 0.496 e. The van der Waals surface area contributed by atoms with Crippen LogP contribution in [0.5, 0.6) is 11.5 Å². The first-order chi connectivity index (χ1) is 20.3. The van der Waals surface area contributed by atoms with E-state index in [1.54, 1.807) is 43.9 Å². The lowest BCUT2D eigenvalue weighted by Crippen LogP contribution is -2.31. The van der Waals surface area contributed by atoms with Gasteiger partial charge in [0, 0.05) is 36.3 Å². The molecule has 1 aliphatic carbocycles. The summed E-state index contributed by atoms with van der Waals surface area (Å²) in [6.07, 6.45) is 4.59. The van der Waals surface area contributed by atoms with Crippen LogP contribution in [0.25, 0.3) is 33.3 Å². The van der Waals surface area contributed by atoms with E-state index in [1.807, 2.05) is 6.20 Å². The third-order valence-electron chi connectivity index (χ3n) is 7.34. The van der Waals surface area contributed by atoms with E-state index in [0.29, 0.717) is 53.5 Å². The van der Waals surface area contributed by atoms with Gasteiger partial charge in [-0.15, -0.1) is 0 Å². The van der Waals surface area contributed by atoms with E-state index in [-0.39, 0.29) is 23.4 Å². The number of halogens is 3. The van der Waals surface area contributed by atoms with Gasteiger partial charge >= 0.3 is 6.61 Å². The number of rotatable bonds is 11. The summed E-state index contributed by atoms with van der Waals surface area (Å²) < 4.78 is 54.5. The first kappa shape index (κ1) is 29.9. The van der Waals surface area contributed by atoms with E-state index in [4.69, 9.17) is 9.47 Å². The minimum Gasteiger partial charge on any atom is -0.496 e. The van der Waals surface area contributed by atoms with Crippen molar-refractivity contribution >= 4 is 16.8 Å². The Balaban J connectivity index is 1.57. The number of benzene rings is 2. The molecule has 0 radical (unpaired) electrons. The lowest BCUT2D eigenvalue weighted by atomic mass is 9.97. The fourth-order valence-corrected chi connectivity index (χ4v) is 4.88. The Kier molecular flexibility index (Phi) is 7.83. The van der Waals surface area contributed by atoms with E-state index >= 15 is 0 Å². The van der Waals surface area contributed by atoms with Crippen LogP contribution in [-0.2, 0) is 13.6 Å². The smallest absolute Gasteiger partial charge is 0.387 e. The number of aliphatic hydroxyl groups is 1. The molecule has 10 nitrogen and oxygen atoms in total. The van der Waals surface area contributed by atoms with Crippen LogP contribution in [0.2, 0.25) is 0 Å². The van der Waals surface area contributed by atoms with Crippen LogP contribution in [0.15, 0.2) is 36.7 Å². The number of nitriles is 1. The summed E-state index contributed by atoms with van der Waals surface area (Å²) in [7, 11) is 2.91. The van der Waals surface area contributed by atoms with E-state index < -0.39 is 29.5 Å². The van der Waals surface area contributed by atoms with Gasteiger partial charge in [-0.1, -0.05) is 0 Å². The number of alkyl halides is 3. The van der Waals surface area contributed by atoms with E-state index in [2.05, 4.69) is 21.6 Å². The number of fused-ring (bicyclic) bond motifs is 1. The molecule has 2 aromatic heterocycles. The molecule has 2 N–H and O–H groups in total. The van der Waals surface area contributed by atoms with Crippen molar-refractivity contribution in [3.05, 3.63) is 47.8 Å². The number of amides is 1. The van der Waals surface area contributed by atoms with Crippen LogP contribution in [0, 0.1) is 11.3 Å². The van der Waals surface area contributed by atoms with Crippen LogP contribution in [0.3, 0.4) is 0 Å². The van der Waals surface area contributed by atoms with Gasteiger partial charge in [-0.3, -0.25) is 14.2 Å². The maximum Gasteiger partial charge on any atom is 0.387 e. The van der Waals surface area contributed by atoms with Gasteiger partial charge in [-0.25, -0.2) is 4.39 Å². The molecule has 0 saturated heterocycles. The predicted octanol–water partition coefficient (Wildman–Crippen LogP) is 4.98. The van der Waals surface area contributed by atoms with Crippen molar-refractivity contribution in [1.82, 2.24) is 24.9 Å². The second-order valence-electron chi connectivity index (χ2n) is 11.3. The zero-order valence-electron chi connectivity index (χ0n) is 24.1.